The SMILES string of the molecule is CC(C)n1nccc1C(=O)NCCCc1nc2ccccc2o1. The van der Waals surface area contributed by atoms with Crippen LogP contribution in [0.1, 0.15) is 42.7 Å². The van der Waals surface area contributed by atoms with Crippen LogP contribution in [0.3, 0.4) is 0 Å². The second-order valence-electron chi connectivity index (χ2n) is 5.69. The summed E-state index contributed by atoms with van der Waals surface area (Å²) in [6, 6.07) is 9.58. The Bertz CT molecular complexity index is 771. The summed E-state index contributed by atoms with van der Waals surface area (Å²) in [7, 11) is 0. The van der Waals surface area contributed by atoms with Gasteiger partial charge in [0, 0.05) is 25.2 Å². The van der Waals surface area contributed by atoms with Gasteiger partial charge in [0.25, 0.3) is 5.91 Å². The largest absolute Gasteiger partial charge is 0.441 e. The number of nitrogens with one attached hydrogen (secondary N) is 1. The quantitative estimate of drug-likeness (QED) is 0.710. The average Bonchev–Trinajstić information content (AvgIpc) is 3.17. The van der Waals surface area contributed by atoms with E-state index in [0.717, 1.165) is 17.5 Å². The number of nitrogens with zero attached hydrogens (tertiary/aromatic N) is 3. The number of fused-ring (bicyclic) bond motifs is 1. The maximum absolute atomic E-state index is 12.2. The zero-order valence-electron chi connectivity index (χ0n) is 13.3. The van der Waals surface area contributed by atoms with Gasteiger partial charge in [0.15, 0.2) is 11.5 Å². The van der Waals surface area contributed by atoms with E-state index < -0.39 is 0 Å². The van der Waals surface area contributed by atoms with Gasteiger partial charge in [-0.25, -0.2) is 4.98 Å². The fraction of sp³-hybridized carbons (Fsp3) is 0.353. The smallest absolute Gasteiger partial charge is 0.269 e. The molecular weight excluding hydrogens is 292 g/mol. The fourth-order valence-corrected chi connectivity index (χ4v) is 2.46. The third-order valence-electron chi connectivity index (χ3n) is 3.58. The van der Waals surface area contributed by atoms with Gasteiger partial charge in [-0.1, -0.05) is 12.1 Å². The van der Waals surface area contributed by atoms with Crippen molar-refractivity contribution in [1.29, 1.82) is 0 Å². The van der Waals surface area contributed by atoms with E-state index >= 15 is 0 Å². The lowest BCUT2D eigenvalue weighted by atomic mass is 10.3. The van der Waals surface area contributed by atoms with Crippen LogP contribution < -0.4 is 5.32 Å². The molecule has 3 rings (SSSR count). The number of benzene rings is 1. The molecule has 0 fully saturated rings. The molecular formula is C17H20N4O2. The summed E-state index contributed by atoms with van der Waals surface area (Å²) in [5.74, 6) is 0.599. The van der Waals surface area contributed by atoms with Crippen LogP contribution in [0.4, 0.5) is 0 Å². The molecule has 0 radical (unpaired) electrons. The van der Waals surface area contributed by atoms with E-state index in [1.54, 1.807) is 16.9 Å². The molecule has 0 aliphatic heterocycles. The number of amides is 1. The Morgan fingerprint density at radius 1 is 1.30 bits per heavy atom. The molecule has 0 atom stereocenters. The summed E-state index contributed by atoms with van der Waals surface area (Å²) in [5, 5.41) is 7.08. The zero-order chi connectivity index (χ0) is 16.2. The average molecular weight is 312 g/mol. The number of carbonyl (C=O) groups excluding carboxylic acids is 1. The highest BCUT2D eigenvalue weighted by molar-refractivity contribution is 5.92. The van der Waals surface area contributed by atoms with Crippen LogP contribution >= 0.6 is 0 Å². The molecule has 0 aliphatic carbocycles. The van der Waals surface area contributed by atoms with Crippen molar-refractivity contribution in [3.05, 3.63) is 48.1 Å². The maximum atomic E-state index is 12.2. The number of para-hydroxylation sites is 2. The number of aromatic nitrogens is 3. The first-order valence-corrected chi connectivity index (χ1v) is 7.81. The van der Waals surface area contributed by atoms with Crippen LogP contribution in [0.2, 0.25) is 0 Å². The Balaban J connectivity index is 1.51. The van der Waals surface area contributed by atoms with Gasteiger partial charge >= 0.3 is 0 Å². The van der Waals surface area contributed by atoms with E-state index in [4.69, 9.17) is 4.42 Å². The minimum absolute atomic E-state index is 0.103. The van der Waals surface area contributed by atoms with Gasteiger partial charge in [-0.15, -0.1) is 0 Å². The summed E-state index contributed by atoms with van der Waals surface area (Å²) in [6.45, 7) is 4.56. The lowest BCUT2D eigenvalue weighted by molar-refractivity contribution is 0.0940. The van der Waals surface area contributed by atoms with Gasteiger partial charge in [-0.05, 0) is 38.5 Å². The van der Waals surface area contributed by atoms with Gasteiger partial charge in [0.1, 0.15) is 11.2 Å². The Labute approximate surface area is 134 Å². The molecule has 1 N–H and O–H groups in total. The first kappa shape index (κ1) is 15.3. The molecule has 2 aromatic heterocycles. The van der Waals surface area contributed by atoms with Crippen LogP contribution in [0.5, 0.6) is 0 Å². The van der Waals surface area contributed by atoms with Crippen LogP contribution in [-0.2, 0) is 6.42 Å². The minimum atomic E-state index is -0.103. The van der Waals surface area contributed by atoms with Crippen LogP contribution in [0.15, 0.2) is 40.9 Å². The molecule has 0 spiro atoms. The van der Waals surface area contributed by atoms with Crippen LogP contribution in [-0.4, -0.2) is 27.2 Å². The number of hydrogen-bond acceptors (Lipinski definition) is 4. The summed E-state index contributed by atoms with van der Waals surface area (Å²) in [5.41, 5.74) is 2.25. The topological polar surface area (TPSA) is 73.0 Å². The van der Waals surface area contributed by atoms with Crippen molar-refractivity contribution in [2.75, 3.05) is 6.54 Å². The van der Waals surface area contributed by atoms with Gasteiger partial charge < -0.3 is 9.73 Å². The fourth-order valence-electron chi connectivity index (χ4n) is 2.46. The van der Waals surface area contributed by atoms with E-state index in [1.807, 2.05) is 38.1 Å². The van der Waals surface area contributed by atoms with E-state index in [0.29, 0.717) is 24.6 Å². The second kappa shape index (κ2) is 6.64. The number of rotatable bonds is 6. The molecule has 3 aromatic rings. The number of hydrogen-bond donors (Lipinski definition) is 1. The predicted molar refractivity (Wildman–Crippen MR) is 87.3 cm³/mol. The molecule has 23 heavy (non-hydrogen) atoms. The summed E-state index contributed by atoms with van der Waals surface area (Å²) < 4.78 is 7.38. The molecule has 6 nitrogen and oxygen atoms in total. The van der Waals surface area contributed by atoms with E-state index in [9.17, 15) is 4.79 Å². The Morgan fingerprint density at radius 2 is 2.13 bits per heavy atom. The number of oxazole rings is 1. The second-order valence-corrected chi connectivity index (χ2v) is 5.69. The van der Waals surface area contributed by atoms with Crippen molar-refractivity contribution in [2.24, 2.45) is 0 Å². The lowest BCUT2D eigenvalue weighted by Gasteiger charge is -2.10. The van der Waals surface area contributed by atoms with Crippen LogP contribution in [0, 0.1) is 0 Å². The van der Waals surface area contributed by atoms with Crippen molar-refractivity contribution in [1.82, 2.24) is 20.1 Å². The van der Waals surface area contributed by atoms with Gasteiger partial charge in [0.05, 0.1) is 0 Å². The van der Waals surface area contributed by atoms with Crippen molar-refractivity contribution >= 4 is 17.0 Å². The summed E-state index contributed by atoms with van der Waals surface area (Å²) >= 11 is 0. The maximum Gasteiger partial charge on any atom is 0.269 e. The number of carbonyl (C=O) groups is 1. The third kappa shape index (κ3) is 3.41. The van der Waals surface area contributed by atoms with Crippen molar-refractivity contribution in [3.63, 3.8) is 0 Å². The monoisotopic (exact) mass is 312 g/mol. The van der Waals surface area contributed by atoms with Gasteiger partial charge in [-0.3, -0.25) is 9.48 Å². The molecule has 2 heterocycles. The van der Waals surface area contributed by atoms with Gasteiger partial charge in [0.2, 0.25) is 0 Å². The molecule has 0 bridgehead atoms. The highest BCUT2D eigenvalue weighted by Crippen LogP contribution is 2.15. The Hall–Kier alpha value is -2.63. The van der Waals surface area contributed by atoms with Crippen molar-refractivity contribution in [3.8, 4) is 0 Å². The van der Waals surface area contributed by atoms with E-state index in [2.05, 4.69) is 15.4 Å². The van der Waals surface area contributed by atoms with E-state index in [-0.39, 0.29) is 11.9 Å². The summed E-state index contributed by atoms with van der Waals surface area (Å²) in [4.78, 5) is 16.6. The molecule has 0 saturated heterocycles. The Kier molecular flexibility index (Phi) is 4.41. The molecule has 0 saturated carbocycles. The molecule has 120 valence electrons. The van der Waals surface area contributed by atoms with Crippen molar-refractivity contribution in [2.45, 2.75) is 32.7 Å². The minimum Gasteiger partial charge on any atom is -0.441 e. The molecule has 1 amide bonds. The molecule has 0 unspecified atom stereocenters. The lowest BCUT2D eigenvalue weighted by Crippen LogP contribution is -2.27. The van der Waals surface area contributed by atoms with Crippen molar-refractivity contribution < 1.29 is 9.21 Å². The molecule has 1 aromatic carbocycles. The summed E-state index contributed by atoms with van der Waals surface area (Å²) in [6.07, 6.45) is 3.11. The van der Waals surface area contributed by atoms with Gasteiger partial charge in [-0.2, -0.15) is 5.10 Å². The molecule has 6 heteroatoms. The third-order valence-corrected chi connectivity index (χ3v) is 3.58. The molecule has 0 aliphatic rings. The van der Waals surface area contributed by atoms with Crippen LogP contribution in [0.25, 0.3) is 11.1 Å². The zero-order valence-corrected chi connectivity index (χ0v) is 13.3. The normalized spacial score (nSPS) is 11.3. The highest BCUT2D eigenvalue weighted by atomic mass is 16.3. The number of aryl methyl sites for hydroxylation is 1. The van der Waals surface area contributed by atoms with E-state index in [1.165, 1.54) is 0 Å². The predicted octanol–water partition coefficient (Wildman–Crippen LogP) is 2.97. The first-order chi connectivity index (χ1) is 11.1. The standard InChI is InChI=1S/C17H20N4O2/c1-12(2)21-14(9-11-19-21)17(22)18-10-5-8-16-20-13-6-3-4-7-15(13)23-16/h3-4,6-7,9,11-12H,5,8,10H2,1-2H3,(H,18,22). The Morgan fingerprint density at radius 3 is 2.91 bits per heavy atom. The highest BCUT2D eigenvalue weighted by Gasteiger charge is 2.13. The first-order valence-electron chi connectivity index (χ1n) is 7.81.